The minimum atomic E-state index is -3.75. The Morgan fingerprint density at radius 2 is 1.86 bits per heavy atom. The number of nitrogens with one attached hydrogen (secondary N) is 1. The lowest BCUT2D eigenvalue weighted by Gasteiger charge is -2.29. The summed E-state index contributed by atoms with van der Waals surface area (Å²) in [4.78, 5) is 11.5. The zero-order valence-electron chi connectivity index (χ0n) is 15.9. The maximum Gasteiger partial charge on any atom is 0.241 e. The van der Waals surface area contributed by atoms with Crippen LogP contribution < -0.4 is 9.62 Å². The van der Waals surface area contributed by atoms with Crippen LogP contribution in [0.4, 0.5) is 5.82 Å². The van der Waals surface area contributed by atoms with Gasteiger partial charge in [0, 0.05) is 23.5 Å². The summed E-state index contributed by atoms with van der Waals surface area (Å²) in [7, 11) is -3.75. The standard InChI is InChI=1S/C20H21ClN4O3S/c1-14-16(21)6-4-8-18(14)29(26,27)22-13-19-23-17-7-3-2-5-15(17)20(24-19)25-9-11-28-12-10-25/h2-8,22H,9-13H2,1H3. The Morgan fingerprint density at radius 1 is 1.10 bits per heavy atom. The zero-order valence-corrected chi connectivity index (χ0v) is 17.5. The molecule has 0 aliphatic carbocycles. The lowest BCUT2D eigenvalue weighted by atomic mass is 10.2. The van der Waals surface area contributed by atoms with Crippen LogP contribution in [0.1, 0.15) is 11.4 Å². The molecule has 0 unspecified atom stereocenters. The van der Waals surface area contributed by atoms with Crippen LogP contribution in [0.5, 0.6) is 0 Å². The molecule has 0 saturated carbocycles. The van der Waals surface area contributed by atoms with Crippen molar-refractivity contribution in [1.82, 2.24) is 14.7 Å². The molecule has 1 aromatic heterocycles. The third kappa shape index (κ3) is 4.20. The van der Waals surface area contributed by atoms with E-state index in [0.29, 0.717) is 29.6 Å². The molecule has 1 N–H and O–H groups in total. The van der Waals surface area contributed by atoms with Crippen molar-refractivity contribution in [3.63, 3.8) is 0 Å². The van der Waals surface area contributed by atoms with E-state index < -0.39 is 10.0 Å². The normalized spacial score (nSPS) is 15.0. The summed E-state index contributed by atoms with van der Waals surface area (Å²) in [6, 6.07) is 12.5. The second-order valence-corrected chi connectivity index (χ2v) is 8.91. The fourth-order valence-corrected chi connectivity index (χ4v) is 4.79. The first-order valence-electron chi connectivity index (χ1n) is 9.29. The number of sulfonamides is 1. The van der Waals surface area contributed by atoms with E-state index in [1.807, 2.05) is 24.3 Å². The molecule has 2 aromatic carbocycles. The van der Waals surface area contributed by atoms with E-state index in [0.717, 1.165) is 29.8 Å². The van der Waals surface area contributed by atoms with Gasteiger partial charge in [0.15, 0.2) is 0 Å². The van der Waals surface area contributed by atoms with Crippen molar-refractivity contribution in [2.75, 3.05) is 31.2 Å². The highest BCUT2D eigenvalue weighted by Gasteiger charge is 2.20. The molecular weight excluding hydrogens is 412 g/mol. The van der Waals surface area contributed by atoms with E-state index in [9.17, 15) is 8.42 Å². The summed E-state index contributed by atoms with van der Waals surface area (Å²) in [5.74, 6) is 1.21. The molecule has 29 heavy (non-hydrogen) atoms. The van der Waals surface area contributed by atoms with Gasteiger partial charge in [0.1, 0.15) is 11.6 Å². The third-order valence-corrected chi connectivity index (χ3v) is 6.82. The molecule has 0 radical (unpaired) electrons. The third-order valence-electron chi connectivity index (χ3n) is 4.87. The Balaban J connectivity index is 1.65. The van der Waals surface area contributed by atoms with Crippen LogP contribution in [-0.2, 0) is 21.3 Å². The van der Waals surface area contributed by atoms with Crippen molar-refractivity contribution in [2.45, 2.75) is 18.4 Å². The van der Waals surface area contributed by atoms with E-state index in [4.69, 9.17) is 16.3 Å². The first-order valence-corrected chi connectivity index (χ1v) is 11.1. The van der Waals surface area contributed by atoms with Crippen LogP contribution in [0.3, 0.4) is 0 Å². The van der Waals surface area contributed by atoms with Crippen LogP contribution in [0.2, 0.25) is 5.02 Å². The summed E-state index contributed by atoms with van der Waals surface area (Å²) in [6.45, 7) is 4.39. The van der Waals surface area contributed by atoms with Gasteiger partial charge >= 0.3 is 0 Å². The highest BCUT2D eigenvalue weighted by molar-refractivity contribution is 7.89. The second kappa shape index (κ2) is 8.23. The van der Waals surface area contributed by atoms with Crippen LogP contribution in [-0.4, -0.2) is 44.7 Å². The van der Waals surface area contributed by atoms with E-state index in [-0.39, 0.29) is 11.4 Å². The Bertz CT molecular complexity index is 1150. The van der Waals surface area contributed by atoms with E-state index in [2.05, 4.69) is 19.6 Å². The van der Waals surface area contributed by atoms with E-state index in [1.54, 1.807) is 19.1 Å². The van der Waals surface area contributed by atoms with E-state index in [1.165, 1.54) is 6.07 Å². The first-order chi connectivity index (χ1) is 14.0. The number of halogens is 1. The van der Waals surface area contributed by atoms with Gasteiger partial charge in [-0.25, -0.2) is 23.1 Å². The van der Waals surface area contributed by atoms with Crippen LogP contribution in [0.25, 0.3) is 10.9 Å². The summed E-state index contributed by atoms with van der Waals surface area (Å²) >= 11 is 6.08. The SMILES string of the molecule is Cc1c(Cl)cccc1S(=O)(=O)NCc1nc(N2CCOCC2)c2ccccc2n1. The molecule has 1 aliphatic heterocycles. The van der Waals surface area contributed by atoms with Crippen LogP contribution in [0, 0.1) is 6.92 Å². The molecule has 3 aromatic rings. The minimum Gasteiger partial charge on any atom is -0.378 e. The van der Waals surface area contributed by atoms with Gasteiger partial charge in [0.2, 0.25) is 10.0 Å². The van der Waals surface area contributed by atoms with E-state index >= 15 is 0 Å². The van der Waals surface area contributed by atoms with Gasteiger partial charge in [-0.2, -0.15) is 0 Å². The van der Waals surface area contributed by atoms with Crippen molar-refractivity contribution in [1.29, 1.82) is 0 Å². The highest BCUT2D eigenvalue weighted by atomic mass is 35.5. The van der Waals surface area contributed by atoms with Crippen molar-refractivity contribution >= 4 is 38.3 Å². The molecule has 9 heteroatoms. The number of benzene rings is 2. The average molecular weight is 433 g/mol. The Hall–Kier alpha value is -2.26. The summed E-state index contributed by atoms with van der Waals surface area (Å²) in [6.07, 6.45) is 0. The number of hydrogen-bond donors (Lipinski definition) is 1. The topological polar surface area (TPSA) is 84.4 Å². The summed E-state index contributed by atoms with van der Waals surface area (Å²) in [5.41, 5.74) is 1.28. The molecule has 4 rings (SSSR count). The fraction of sp³-hybridized carbons (Fsp3) is 0.300. The lowest BCUT2D eigenvalue weighted by molar-refractivity contribution is 0.122. The van der Waals surface area contributed by atoms with Gasteiger partial charge in [-0.1, -0.05) is 29.8 Å². The predicted molar refractivity (Wildman–Crippen MR) is 113 cm³/mol. The van der Waals surface area contributed by atoms with Crippen molar-refractivity contribution in [3.8, 4) is 0 Å². The number of ether oxygens (including phenoxy) is 1. The summed E-state index contributed by atoms with van der Waals surface area (Å²) < 4.78 is 33.6. The van der Waals surface area contributed by atoms with Crippen LogP contribution >= 0.6 is 11.6 Å². The summed E-state index contributed by atoms with van der Waals surface area (Å²) in [5, 5.41) is 1.34. The number of aromatic nitrogens is 2. The van der Waals surface area contributed by atoms with Crippen LogP contribution in [0.15, 0.2) is 47.4 Å². The largest absolute Gasteiger partial charge is 0.378 e. The quantitative estimate of drug-likeness (QED) is 0.667. The smallest absolute Gasteiger partial charge is 0.241 e. The Morgan fingerprint density at radius 3 is 2.66 bits per heavy atom. The van der Waals surface area contributed by atoms with Crippen molar-refractivity contribution in [2.24, 2.45) is 0 Å². The monoisotopic (exact) mass is 432 g/mol. The molecule has 152 valence electrons. The lowest BCUT2D eigenvalue weighted by Crippen LogP contribution is -2.37. The maximum absolute atomic E-state index is 12.8. The van der Waals surface area contributed by atoms with Crippen molar-refractivity contribution in [3.05, 3.63) is 58.9 Å². The maximum atomic E-state index is 12.8. The molecule has 0 amide bonds. The zero-order chi connectivity index (χ0) is 20.4. The number of fused-ring (bicyclic) bond motifs is 1. The number of nitrogens with zero attached hydrogens (tertiary/aromatic N) is 3. The Kier molecular flexibility index (Phi) is 5.69. The van der Waals surface area contributed by atoms with Gasteiger partial charge < -0.3 is 9.64 Å². The number of hydrogen-bond acceptors (Lipinski definition) is 6. The number of para-hydroxylation sites is 1. The molecule has 0 atom stereocenters. The number of morpholine rings is 1. The minimum absolute atomic E-state index is 0.0174. The molecule has 1 saturated heterocycles. The first kappa shape index (κ1) is 20.0. The molecule has 7 nitrogen and oxygen atoms in total. The van der Waals surface area contributed by atoms with Crippen molar-refractivity contribution < 1.29 is 13.2 Å². The molecule has 1 aliphatic rings. The van der Waals surface area contributed by atoms with Gasteiger partial charge in [-0.3, -0.25) is 0 Å². The molecule has 0 bridgehead atoms. The number of rotatable bonds is 5. The molecule has 2 heterocycles. The second-order valence-electron chi connectivity index (χ2n) is 6.77. The van der Waals surface area contributed by atoms with Gasteiger partial charge in [0.05, 0.1) is 30.2 Å². The molecule has 1 fully saturated rings. The molecular formula is C20H21ClN4O3S. The average Bonchev–Trinajstić information content (AvgIpc) is 2.74. The molecule has 0 spiro atoms. The van der Waals surface area contributed by atoms with Gasteiger partial charge in [-0.15, -0.1) is 0 Å². The van der Waals surface area contributed by atoms with Gasteiger partial charge in [-0.05, 0) is 36.8 Å². The number of anilines is 1. The Labute approximate surface area is 174 Å². The predicted octanol–water partition coefficient (Wildman–Crippen LogP) is 2.91. The van der Waals surface area contributed by atoms with Gasteiger partial charge in [0.25, 0.3) is 0 Å². The fourth-order valence-electron chi connectivity index (χ4n) is 3.32. The highest BCUT2D eigenvalue weighted by Crippen LogP contribution is 2.25.